The van der Waals surface area contributed by atoms with Gasteiger partial charge in [0.1, 0.15) is 11.1 Å². The third kappa shape index (κ3) is 3.59. The van der Waals surface area contributed by atoms with Crippen molar-refractivity contribution in [1.29, 1.82) is 0 Å². The first-order valence-electron chi connectivity index (χ1n) is 9.25. The minimum absolute atomic E-state index is 0.208. The van der Waals surface area contributed by atoms with E-state index >= 15 is 0 Å². The van der Waals surface area contributed by atoms with E-state index in [0.717, 1.165) is 61.9 Å². The highest BCUT2D eigenvalue weighted by Crippen LogP contribution is 2.37. The van der Waals surface area contributed by atoms with Crippen LogP contribution in [0.1, 0.15) is 48.7 Å². The average molecular weight is 356 g/mol. The smallest absolute Gasteiger partial charge is 0.240 e. The molecule has 1 saturated heterocycles. The van der Waals surface area contributed by atoms with Crippen molar-refractivity contribution < 1.29 is 4.79 Å². The number of hydrogen-bond donors (Lipinski definition) is 0. The standard InChI is InChI=1S/C19H24N4OS/c24-18(22-12-7-8-13-22)17(15-9-3-1-4-10-15)25-19-21-20-16-11-5-2-6-14-23(16)19/h1,3-4,9-10,17H,2,5-8,11-14H2/t17-/m1/s1. The van der Waals surface area contributed by atoms with Crippen LogP contribution in [0.15, 0.2) is 35.5 Å². The summed E-state index contributed by atoms with van der Waals surface area (Å²) < 4.78 is 2.23. The fourth-order valence-corrected chi connectivity index (χ4v) is 4.81. The molecule has 2 aliphatic heterocycles. The van der Waals surface area contributed by atoms with Crippen LogP contribution in [0, 0.1) is 0 Å². The van der Waals surface area contributed by atoms with Gasteiger partial charge in [-0.15, -0.1) is 10.2 Å². The molecule has 3 heterocycles. The summed E-state index contributed by atoms with van der Waals surface area (Å²) in [6.45, 7) is 2.71. The fraction of sp³-hybridized carbons (Fsp3) is 0.526. The molecule has 0 spiro atoms. The Morgan fingerprint density at radius 3 is 2.52 bits per heavy atom. The molecule has 0 radical (unpaired) electrons. The van der Waals surface area contributed by atoms with Gasteiger partial charge in [-0.25, -0.2) is 0 Å². The molecule has 2 aliphatic rings. The largest absolute Gasteiger partial charge is 0.341 e. The maximum Gasteiger partial charge on any atom is 0.240 e. The van der Waals surface area contributed by atoms with E-state index in [9.17, 15) is 4.79 Å². The number of fused-ring (bicyclic) bond motifs is 1. The number of amides is 1. The number of likely N-dealkylation sites (tertiary alicyclic amines) is 1. The Hall–Kier alpha value is -1.82. The van der Waals surface area contributed by atoms with Gasteiger partial charge in [-0.3, -0.25) is 4.79 Å². The molecular formula is C19H24N4OS. The zero-order chi connectivity index (χ0) is 17.1. The summed E-state index contributed by atoms with van der Waals surface area (Å²) in [7, 11) is 0. The van der Waals surface area contributed by atoms with Crippen molar-refractivity contribution in [3.05, 3.63) is 41.7 Å². The summed E-state index contributed by atoms with van der Waals surface area (Å²) in [5.41, 5.74) is 1.05. The Morgan fingerprint density at radius 1 is 0.960 bits per heavy atom. The number of thioether (sulfide) groups is 1. The maximum absolute atomic E-state index is 13.2. The van der Waals surface area contributed by atoms with Gasteiger partial charge in [0.05, 0.1) is 0 Å². The van der Waals surface area contributed by atoms with Crippen LogP contribution in [0.25, 0.3) is 0 Å². The zero-order valence-corrected chi connectivity index (χ0v) is 15.2. The molecule has 2 aromatic rings. The van der Waals surface area contributed by atoms with Gasteiger partial charge in [-0.1, -0.05) is 48.5 Å². The predicted molar refractivity (Wildman–Crippen MR) is 98.4 cm³/mol. The van der Waals surface area contributed by atoms with Gasteiger partial charge in [0, 0.05) is 26.1 Å². The molecule has 1 amide bonds. The van der Waals surface area contributed by atoms with Crippen LogP contribution < -0.4 is 0 Å². The van der Waals surface area contributed by atoms with Gasteiger partial charge >= 0.3 is 0 Å². The molecule has 25 heavy (non-hydrogen) atoms. The highest BCUT2D eigenvalue weighted by Gasteiger charge is 2.30. The van der Waals surface area contributed by atoms with Gasteiger partial charge in [-0.05, 0) is 31.2 Å². The Kier molecular flexibility index (Phi) is 5.06. The van der Waals surface area contributed by atoms with E-state index in [1.54, 1.807) is 11.8 Å². The van der Waals surface area contributed by atoms with Crippen molar-refractivity contribution in [1.82, 2.24) is 19.7 Å². The Balaban J connectivity index is 1.62. The minimum Gasteiger partial charge on any atom is -0.341 e. The molecule has 6 heteroatoms. The fourth-order valence-electron chi connectivity index (χ4n) is 3.64. The molecule has 0 bridgehead atoms. The van der Waals surface area contributed by atoms with Crippen LogP contribution in [-0.2, 0) is 17.8 Å². The lowest BCUT2D eigenvalue weighted by Gasteiger charge is -2.23. The number of hydrogen-bond acceptors (Lipinski definition) is 4. The molecule has 0 unspecified atom stereocenters. The highest BCUT2D eigenvalue weighted by atomic mass is 32.2. The van der Waals surface area contributed by atoms with Gasteiger partial charge < -0.3 is 9.47 Å². The van der Waals surface area contributed by atoms with E-state index < -0.39 is 0 Å². The van der Waals surface area contributed by atoms with E-state index in [0.29, 0.717) is 0 Å². The molecule has 132 valence electrons. The van der Waals surface area contributed by atoms with Crippen molar-refractivity contribution >= 4 is 17.7 Å². The van der Waals surface area contributed by atoms with Crippen molar-refractivity contribution in [3.63, 3.8) is 0 Å². The summed E-state index contributed by atoms with van der Waals surface area (Å²) in [4.78, 5) is 15.2. The van der Waals surface area contributed by atoms with Crippen LogP contribution in [-0.4, -0.2) is 38.7 Å². The van der Waals surface area contributed by atoms with Gasteiger partial charge in [0.2, 0.25) is 5.91 Å². The van der Waals surface area contributed by atoms with Gasteiger partial charge in [0.25, 0.3) is 0 Å². The van der Waals surface area contributed by atoms with Crippen LogP contribution in [0.4, 0.5) is 0 Å². The summed E-state index contributed by atoms with van der Waals surface area (Å²) in [5, 5.41) is 9.45. The normalized spacial score (nSPS) is 18.6. The molecule has 1 aromatic carbocycles. The molecule has 4 rings (SSSR count). The third-order valence-electron chi connectivity index (χ3n) is 5.04. The lowest BCUT2D eigenvalue weighted by atomic mass is 10.1. The molecular weight excluding hydrogens is 332 g/mol. The highest BCUT2D eigenvalue weighted by molar-refractivity contribution is 8.00. The number of rotatable bonds is 4. The van der Waals surface area contributed by atoms with E-state index in [2.05, 4.69) is 14.8 Å². The summed E-state index contributed by atoms with van der Waals surface area (Å²) in [5.74, 6) is 1.28. The minimum atomic E-state index is -0.240. The van der Waals surface area contributed by atoms with Gasteiger partial charge in [-0.2, -0.15) is 0 Å². The van der Waals surface area contributed by atoms with Gasteiger partial charge in [0.15, 0.2) is 5.16 Å². The summed E-state index contributed by atoms with van der Waals surface area (Å²) in [6, 6.07) is 10.1. The van der Waals surface area contributed by atoms with Crippen molar-refractivity contribution in [2.24, 2.45) is 0 Å². The first-order chi connectivity index (χ1) is 12.3. The molecule has 5 nitrogen and oxygen atoms in total. The van der Waals surface area contributed by atoms with E-state index in [1.807, 2.05) is 35.2 Å². The number of carbonyl (C=O) groups is 1. The molecule has 0 aliphatic carbocycles. The Morgan fingerprint density at radius 2 is 1.72 bits per heavy atom. The Labute approximate surface area is 152 Å². The number of benzene rings is 1. The predicted octanol–water partition coefficient (Wildman–Crippen LogP) is 3.46. The number of nitrogens with zero attached hydrogens (tertiary/aromatic N) is 4. The molecule has 1 aromatic heterocycles. The topological polar surface area (TPSA) is 51.0 Å². The number of aromatic nitrogens is 3. The maximum atomic E-state index is 13.2. The second-order valence-corrected chi connectivity index (χ2v) is 7.87. The van der Waals surface area contributed by atoms with E-state index in [4.69, 9.17) is 0 Å². The SMILES string of the molecule is O=C([C@H](Sc1nnc2n1CCCCC2)c1ccccc1)N1CCCC1. The van der Waals surface area contributed by atoms with Crippen LogP contribution in [0.5, 0.6) is 0 Å². The molecule has 0 N–H and O–H groups in total. The number of carbonyl (C=O) groups excluding carboxylic acids is 1. The van der Waals surface area contributed by atoms with Crippen LogP contribution >= 0.6 is 11.8 Å². The Bertz CT molecular complexity index is 724. The average Bonchev–Trinajstić information content (AvgIpc) is 3.25. The van der Waals surface area contributed by atoms with Crippen molar-refractivity contribution in [2.75, 3.05) is 13.1 Å². The number of aryl methyl sites for hydroxylation is 1. The quantitative estimate of drug-likeness (QED) is 0.787. The zero-order valence-electron chi connectivity index (χ0n) is 14.4. The lowest BCUT2D eigenvalue weighted by Crippen LogP contribution is -2.31. The third-order valence-corrected chi connectivity index (χ3v) is 6.27. The first-order valence-corrected chi connectivity index (χ1v) is 10.1. The van der Waals surface area contributed by atoms with Crippen molar-refractivity contribution in [2.45, 2.75) is 55.5 Å². The monoisotopic (exact) mass is 356 g/mol. The summed E-state index contributed by atoms with van der Waals surface area (Å²) in [6.07, 6.45) is 6.79. The first kappa shape index (κ1) is 16.6. The second-order valence-electron chi connectivity index (χ2n) is 6.80. The molecule has 1 fully saturated rings. The second kappa shape index (κ2) is 7.60. The van der Waals surface area contributed by atoms with E-state index in [1.165, 1.54) is 12.8 Å². The van der Waals surface area contributed by atoms with Crippen LogP contribution in [0.2, 0.25) is 0 Å². The summed E-state index contributed by atoms with van der Waals surface area (Å²) >= 11 is 1.57. The van der Waals surface area contributed by atoms with Crippen LogP contribution in [0.3, 0.4) is 0 Å². The molecule has 0 saturated carbocycles. The van der Waals surface area contributed by atoms with Crippen molar-refractivity contribution in [3.8, 4) is 0 Å². The molecule has 1 atom stereocenters. The van der Waals surface area contributed by atoms with E-state index in [-0.39, 0.29) is 11.2 Å². The lowest BCUT2D eigenvalue weighted by molar-refractivity contribution is -0.129.